The van der Waals surface area contributed by atoms with Gasteiger partial charge in [-0.15, -0.1) is 0 Å². The zero-order valence-corrected chi connectivity index (χ0v) is 8.17. The molecule has 2 nitrogen and oxygen atoms in total. The first kappa shape index (κ1) is 8.24. The van der Waals surface area contributed by atoms with Crippen molar-refractivity contribution < 1.29 is 0 Å². The predicted molar refractivity (Wildman–Crippen MR) is 51.6 cm³/mol. The van der Waals surface area contributed by atoms with Gasteiger partial charge in [-0.1, -0.05) is 20.8 Å². The molecule has 0 amide bonds. The lowest BCUT2D eigenvalue weighted by molar-refractivity contribution is 0.113. The quantitative estimate of drug-likeness (QED) is 0.626. The van der Waals surface area contributed by atoms with Crippen LogP contribution in [0.25, 0.3) is 0 Å². The van der Waals surface area contributed by atoms with Crippen molar-refractivity contribution in [1.29, 1.82) is 0 Å². The number of fused-ring (bicyclic) bond motifs is 2. The number of aliphatic imine (C=N–C) groups is 1. The van der Waals surface area contributed by atoms with Crippen LogP contribution >= 0.6 is 0 Å². The van der Waals surface area contributed by atoms with Gasteiger partial charge in [0.1, 0.15) is 0 Å². The van der Waals surface area contributed by atoms with Crippen LogP contribution in [0, 0.1) is 11.8 Å². The molecule has 2 aliphatic heterocycles. The Morgan fingerprint density at radius 3 is 2.67 bits per heavy atom. The molecular weight excluding hydrogens is 148 g/mol. The topological polar surface area (TPSA) is 24.4 Å². The molecular formula is C10H18N2. The highest BCUT2D eigenvalue weighted by atomic mass is 15.1. The van der Waals surface area contributed by atoms with Crippen molar-refractivity contribution in [2.45, 2.75) is 39.3 Å². The van der Waals surface area contributed by atoms with Gasteiger partial charge in [-0.3, -0.25) is 4.99 Å². The van der Waals surface area contributed by atoms with Gasteiger partial charge in [0.25, 0.3) is 0 Å². The van der Waals surface area contributed by atoms with Crippen LogP contribution in [0.15, 0.2) is 4.99 Å². The molecule has 2 unspecified atom stereocenters. The molecule has 0 aromatic rings. The first-order valence-electron chi connectivity index (χ1n) is 5.03. The summed E-state index contributed by atoms with van der Waals surface area (Å²) in [6.07, 6.45) is 1.11. The normalized spacial score (nSPS) is 46.1. The Kier molecular flexibility index (Phi) is 1.95. The maximum Gasteiger partial charge on any atom is 0.0580 e. The summed E-state index contributed by atoms with van der Waals surface area (Å²) in [4.78, 5) is 4.78. The molecule has 0 aromatic heterocycles. The molecule has 0 radical (unpaired) electrons. The SMILES string of the molecule is CCC1=NC2C(C)C(NC1)C2C. The van der Waals surface area contributed by atoms with Crippen LogP contribution in [0.2, 0.25) is 0 Å². The van der Waals surface area contributed by atoms with Crippen LogP contribution < -0.4 is 5.32 Å². The largest absolute Gasteiger partial charge is 0.308 e. The fourth-order valence-corrected chi connectivity index (χ4v) is 2.55. The minimum absolute atomic E-state index is 0.611. The summed E-state index contributed by atoms with van der Waals surface area (Å²) in [5.41, 5.74) is 1.36. The number of hydrogen-bond acceptors (Lipinski definition) is 2. The smallest absolute Gasteiger partial charge is 0.0580 e. The molecule has 68 valence electrons. The lowest BCUT2D eigenvalue weighted by Crippen LogP contribution is -2.57. The molecule has 1 fully saturated rings. The molecule has 2 heteroatoms. The Hall–Kier alpha value is -0.370. The Morgan fingerprint density at radius 1 is 1.42 bits per heavy atom. The summed E-state index contributed by atoms with van der Waals surface area (Å²) in [5, 5.41) is 3.58. The minimum Gasteiger partial charge on any atom is -0.308 e. The Balaban J connectivity index is 2.16. The molecule has 1 saturated carbocycles. The summed E-state index contributed by atoms with van der Waals surface area (Å²) in [6.45, 7) is 7.83. The van der Waals surface area contributed by atoms with Gasteiger partial charge >= 0.3 is 0 Å². The van der Waals surface area contributed by atoms with Gasteiger partial charge in [0.2, 0.25) is 0 Å². The van der Waals surface area contributed by atoms with Crippen LogP contribution in [0.3, 0.4) is 0 Å². The zero-order chi connectivity index (χ0) is 8.72. The highest BCUT2D eigenvalue weighted by Crippen LogP contribution is 2.38. The summed E-state index contributed by atoms with van der Waals surface area (Å²) in [7, 11) is 0. The highest BCUT2D eigenvalue weighted by Gasteiger charge is 2.46. The van der Waals surface area contributed by atoms with Gasteiger partial charge in [-0.25, -0.2) is 0 Å². The van der Waals surface area contributed by atoms with Gasteiger partial charge in [0, 0.05) is 18.3 Å². The summed E-state index contributed by atoms with van der Waals surface area (Å²) >= 11 is 0. The van der Waals surface area contributed by atoms with Crippen molar-refractivity contribution in [2.75, 3.05) is 6.54 Å². The van der Waals surface area contributed by atoms with Crippen LogP contribution in [-0.2, 0) is 0 Å². The van der Waals surface area contributed by atoms with Gasteiger partial charge in [-0.2, -0.15) is 0 Å². The van der Waals surface area contributed by atoms with Crippen molar-refractivity contribution in [3.05, 3.63) is 0 Å². The molecule has 3 aliphatic rings. The third kappa shape index (κ3) is 1.01. The van der Waals surface area contributed by atoms with E-state index in [1.54, 1.807) is 0 Å². The Morgan fingerprint density at radius 2 is 2.08 bits per heavy atom. The summed E-state index contributed by atoms with van der Waals surface area (Å²) in [6, 6.07) is 1.34. The Bertz CT molecular complexity index is 200. The van der Waals surface area contributed by atoms with E-state index in [4.69, 9.17) is 4.99 Å². The van der Waals surface area contributed by atoms with Crippen molar-refractivity contribution in [3.63, 3.8) is 0 Å². The summed E-state index contributed by atoms with van der Waals surface area (Å²) < 4.78 is 0. The summed E-state index contributed by atoms with van der Waals surface area (Å²) in [5.74, 6) is 1.51. The minimum atomic E-state index is 0.611. The van der Waals surface area contributed by atoms with Gasteiger partial charge < -0.3 is 5.32 Å². The third-order valence-electron chi connectivity index (χ3n) is 3.49. The van der Waals surface area contributed by atoms with Crippen molar-refractivity contribution >= 4 is 5.71 Å². The highest BCUT2D eigenvalue weighted by molar-refractivity contribution is 5.86. The van der Waals surface area contributed by atoms with Crippen molar-refractivity contribution in [2.24, 2.45) is 16.8 Å². The second-order valence-corrected chi connectivity index (χ2v) is 4.16. The number of rotatable bonds is 1. The molecule has 12 heavy (non-hydrogen) atoms. The number of nitrogens with zero attached hydrogens (tertiary/aromatic N) is 1. The molecule has 2 atom stereocenters. The van der Waals surface area contributed by atoms with E-state index in [1.807, 2.05) is 0 Å². The van der Waals surface area contributed by atoms with Gasteiger partial charge in [0.15, 0.2) is 0 Å². The first-order chi connectivity index (χ1) is 5.74. The van der Waals surface area contributed by atoms with Crippen LogP contribution in [0.4, 0.5) is 0 Å². The van der Waals surface area contributed by atoms with E-state index in [1.165, 1.54) is 5.71 Å². The van der Waals surface area contributed by atoms with E-state index < -0.39 is 0 Å². The van der Waals surface area contributed by atoms with E-state index in [9.17, 15) is 0 Å². The average Bonchev–Trinajstić information content (AvgIpc) is 2.35. The lowest BCUT2D eigenvalue weighted by atomic mass is 9.67. The zero-order valence-electron chi connectivity index (χ0n) is 8.17. The molecule has 0 spiro atoms. The second kappa shape index (κ2) is 2.84. The molecule has 1 aliphatic carbocycles. The molecule has 2 heterocycles. The van der Waals surface area contributed by atoms with E-state index >= 15 is 0 Å². The van der Waals surface area contributed by atoms with Gasteiger partial charge in [0.05, 0.1) is 6.04 Å². The monoisotopic (exact) mass is 166 g/mol. The van der Waals surface area contributed by atoms with Crippen molar-refractivity contribution in [3.8, 4) is 0 Å². The fourth-order valence-electron chi connectivity index (χ4n) is 2.55. The van der Waals surface area contributed by atoms with E-state index in [-0.39, 0.29) is 0 Å². The number of nitrogens with one attached hydrogen (secondary N) is 1. The second-order valence-electron chi connectivity index (χ2n) is 4.16. The van der Waals surface area contributed by atoms with E-state index in [2.05, 4.69) is 26.1 Å². The van der Waals surface area contributed by atoms with Crippen LogP contribution in [0.5, 0.6) is 0 Å². The van der Waals surface area contributed by atoms with Gasteiger partial charge in [-0.05, 0) is 18.3 Å². The fraction of sp³-hybridized carbons (Fsp3) is 0.900. The predicted octanol–water partition coefficient (Wildman–Crippen LogP) is 1.46. The number of hydrogen-bond donors (Lipinski definition) is 1. The first-order valence-corrected chi connectivity index (χ1v) is 5.03. The lowest BCUT2D eigenvalue weighted by Gasteiger charge is -2.45. The Labute approximate surface area is 74.5 Å². The molecule has 0 aromatic carbocycles. The molecule has 0 saturated heterocycles. The maximum absolute atomic E-state index is 4.78. The maximum atomic E-state index is 4.78. The van der Waals surface area contributed by atoms with E-state index in [0.717, 1.165) is 30.8 Å². The standard InChI is InChI=1S/C10H18N2/c1-4-8-5-11-9-6(2)10(12-8)7(9)3/h6-7,9-11H,4-5H2,1-3H3. The average molecular weight is 166 g/mol. The third-order valence-corrected chi connectivity index (χ3v) is 3.49. The molecule has 3 rings (SSSR count). The molecule has 1 N–H and O–H groups in total. The van der Waals surface area contributed by atoms with Crippen LogP contribution in [0.1, 0.15) is 27.2 Å². The van der Waals surface area contributed by atoms with Crippen LogP contribution in [-0.4, -0.2) is 24.3 Å². The van der Waals surface area contributed by atoms with Crippen molar-refractivity contribution in [1.82, 2.24) is 5.32 Å². The van der Waals surface area contributed by atoms with E-state index in [0.29, 0.717) is 6.04 Å². The molecule has 2 bridgehead atoms.